The average molecular weight is 164 g/mol. The Morgan fingerprint density at radius 1 is 1.58 bits per heavy atom. The first-order valence-electron chi connectivity index (χ1n) is 4.69. The topological polar surface area (TPSA) is 41.8 Å². The Bertz CT molecular complexity index is 271. The minimum absolute atomic E-state index is 0.662. The van der Waals surface area contributed by atoms with E-state index in [0.717, 1.165) is 5.92 Å². The van der Waals surface area contributed by atoms with Gasteiger partial charge in [-0.25, -0.2) is 0 Å². The van der Waals surface area contributed by atoms with Crippen molar-refractivity contribution >= 4 is 0 Å². The minimum atomic E-state index is 0.662. The number of aromatic amines is 1. The molecule has 0 saturated heterocycles. The van der Waals surface area contributed by atoms with E-state index >= 15 is 0 Å². The van der Waals surface area contributed by atoms with Crippen molar-refractivity contribution in [2.24, 2.45) is 5.73 Å². The van der Waals surface area contributed by atoms with Crippen molar-refractivity contribution in [2.75, 3.05) is 0 Å². The number of rotatable bonds is 2. The molecule has 0 atom stereocenters. The van der Waals surface area contributed by atoms with E-state index in [1.165, 1.54) is 36.2 Å². The van der Waals surface area contributed by atoms with Gasteiger partial charge in [0.15, 0.2) is 0 Å². The summed E-state index contributed by atoms with van der Waals surface area (Å²) >= 11 is 0. The van der Waals surface area contributed by atoms with Gasteiger partial charge in [0.05, 0.1) is 0 Å². The number of aromatic nitrogens is 1. The van der Waals surface area contributed by atoms with Crippen molar-refractivity contribution in [3.05, 3.63) is 23.0 Å². The van der Waals surface area contributed by atoms with Crippen LogP contribution in [0.1, 0.15) is 42.1 Å². The Hall–Kier alpha value is -0.760. The summed E-state index contributed by atoms with van der Waals surface area (Å²) in [4.78, 5) is 3.42. The van der Waals surface area contributed by atoms with Crippen molar-refractivity contribution in [3.8, 4) is 0 Å². The molecule has 12 heavy (non-hydrogen) atoms. The molecule has 3 N–H and O–H groups in total. The summed E-state index contributed by atoms with van der Waals surface area (Å²) in [6, 6.07) is 2.24. The van der Waals surface area contributed by atoms with Gasteiger partial charge in [-0.05, 0) is 37.3 Å². The van der Waals surface area contributed by atoms with E-state index in [4.69, 9.17) is 5.73 Å². The molecule has 2 rings (SSSR count). The lowest BCUT2D eigenvalue weighted by Crippen LogP contribution is -2.08. The first-order chi connectivity index (χ1) is 5.81. The number of nitrogens with one attached hydrogen (secondary N) is 1. The fraction of sp³-hybridized carbons (Fsp3) is 0.600. The molecular weight excluding hydrogens is 148 g/mol. The second-order valence-electron chi connectivity index (χ2n) is 3.71. The summed E-state index contributed by atoms with van der Waals surface area (Å²) in [5.41, 5.74) is 9.53. The van der Waals surface area contributed by atoms with E-state index in [9.17, 15) is 0 Å². The van der Waals surface area contributed by atoms with Crippen LogP contribution in [-0.2, 0) is 6.54 Å². The van der Waals surface area contributed by atoms with Gasteiger partial charge in [-0.2, -0.15) is 0 Å². The molecule has 0 aliphatic heterocycles. The molecule has 1 aromatic rings. The van der Waals surface area contributed by atoms with E-state index in [1.54, 1.807) is 0 Å². The molecule has 0 unspecified atom stereocenters. The third-order valence-corrected chi connectivity index (χ3v) is 2.91. The largest absolute Gasteiger partial charge is 0.362 e. The number of nitrogens with two attached hydrogens (primary N) is 1. The molecule has 1 fully saturated rings. The van der Waals surface area contributed by atoms with Crippen LogP contribution in [0.3, 0.4) is 0 Å². The van der Waals surface area contributed by atoms with Crippen molar-refractivity contribution < 1.29 is 0 Å². The molecule has 2 nitrogen and oxygen atoms in total. The van der Waals surface area contributed by atoms with Gasteiger partial charge in [-0.1, -0.05) is 6.42 Å². The summed E-state index contributed by atoms with van der Waals surface area (Å²) < 4.78 is 0. The molecule has 0 spiro atoms. The Labute approximate surface area is 73.2 Å². The lowest BCUT2D eigenvalue weighted by Gasteiger charge is -2.24. The summed E-state index contributed by atoms with van der Waals surface area (Å²) in [5.74, 6) is 0.795. The van der Waals surface area contributed by atoms with Crippen LogP contribution in [0.15, 0.2) is 6.07 Å². The Kier molecular flexibility index (Phi) is 1.93. The zero-order chi connectivity index (χ0) is 8.55. The highest BCUT2D eigenvalue weighted by Gasteiger charge is 2.21. The van der Waals surface area contributed by atoms with Crippen LogP contribution in [0.5, 0.6) is 0 Å². The fourth-order valence-electron chi connectivity index (χ4n) is 1.78. The molecule has 2 heteroatoms. The molecule has 1 heterocycles. The Balaban J connectivity index is 2.21. The van der Waals surface area contributed by atoms with Gasteiger partial charge in [0.1, 0.15) is 0 Å². The number of hydrogen-bond donors (Lipinski definition) is 2. The van der Waals surface area contributed by atoms with E-state index in [0.29, 0.717) is 6.54 Å². The zero-order valence-electron chi connectivity index (χ0n) is 7.56. The average Bonchev–Trinajstić information content (AvgIpc) is 2.27. The van der Waals surface area contributed by atoms with Crippen molar-refractivity contribution in [3.63, 3.8) is 0 Å². The molecular formula is C10H16N2. The predicted molar refractivity (Wildman–Crippen MR) is 50.0 cm³/mol. The maximum Gasteiger partial charge on any atom is 0.0196 e. The van der Waals surface area contributed by atoms with Crippen molar-refractivity contribution in [1.29, 1.82) is 0 Å². The van der Waals surface area contributed by atoms with Crippen molar-refractivity contribution in [1.82, 2.24) is 4.98 Å². The number of aryl methyl sites for hydroxylation is 1. The highest BCUT2D eigenvalue weighted by atomic mass is 14.7. The summed E-state index contributed by atoms with van der Waals surface area (Å²) in [5, 5.41) is 0. The molecule has 1 aliphatic rings. The maximum absolute atomic E-state index is 5.60. The highest BCUT2D eigenvalue weighted by Crippen LogP contribution is 2.36. The van der Waals surface area contributed by atoms with Crippen LogP contribution in [-0.4, -0.2) is 4.98 Å². The van der Waals surface area contributed by atoms with E-state index in [2.05, 4.69) is 18.0 Å². The molecule has 0 amide bonds. The number of hydrogen-bond acceptors (Lipinski definition) is 1. The molecule has 66 valence electrons. The first kappa shape index (κ1) is 7.87. The highest BCUT2D eigenvalue weighted by molar-refractivity contribution is 5.27. The second-order valence-corrected chi connectivity index (χ2v) is 3.71. The van der Waals surface area contributed by atoms with Crippen molar-refractivity contribution in [2.45, 2.75) is 38.6 Å². The van der Waals surface area contributed by atoms with Gasteiger partial charge in [0, 0.05) is 17.9 Å². The molecule has 1 saturated carbocycles. The Morgan fingerprint density at radius 2 is 2.33 bits per heavy atom. The van der Waals surface area contributed by atoms with Crippen LogP contribution >= 0.6 is 0 Å². The first-order valence-corrected chi connectivity index (χ1v) is 4.69. The van der Waals surface area contributed by atoms with Gasteiger partial charge in [-0.3, -0.25) is 0 Å². The van der Waals surface area contributed by atoms with Crippen LogP contribution in [0, 0.1) is 6.92 Å². The summed E-state index contributed by atoms with van der Waals surface area (Å²) in [6.07, 6.45) is 4.09. The van der Waals surface area contributed by atoms with E-state index in [-0.39, 0.29) is 0 Å². The smallest absolute Gasteiger partial charge is 0.0196 e. The van der Waals surface area contributed by atoms with E-state index < -0.39 is 0 Å². The number of H-pyrrole nitrogens is 1. The SMILES string of the molecule is Cc1[nH]c(C2CCC2)cc1CN. The van der Waals surface area contributed by atoms with Crippen LogP contribution in [0.4, 0.5) is 0 Å². The summed E-state index contributed by atoms with van der Waals surface area (Å²) in [6.45, 7) is 2.76. The van der Waals surface area contributed by atoms with Gasteiger partial charge in [0.2, 0.25) is 0 Å². The molecule has 0 radical (unpaired) electrons. The monoisotopic (exact) mass is 164 g/mol. The lowest BCUT2D eigenvalue weighted by atomic mass is 9.83. The Morgan fingerprint density at radius 3 is 2.75 bits per heavy atom. The standard InChI is InChI=1S/C10H16N2/c1-7-9(6-11)5-10(12-7)8-3-2-4-8/h5,8,12H,2-4,6,11H2,1H3. The molecule has 1 aromatic heterocycles. The van der Waals surface area contributed by atoms with Gasteiger partial charge < -0.3 is 10.7 Å². The second kappa shape index (κ2) is 2.94. The fourth-order valence-corrected chi connectivity index (χ4v) is 1.78. The van der Waals surface area contributed by atoms with Crippen LogP contribution in [0.2, 0.25) is 0 Å². The van der Waals surface area contributed by atoms with Gasteiger partial charge >= 0.3 is 0 Å². The predicted octanol–water partition coefficient (Wildman–Crippen LogP) is 2.05. The minimum Gasteiger partial charge on any atom is -0.362 e. The van der Waals surface area contributed by atoms with Gasteiger partial charge in [-0.15, -0.1) is 0 Å². The van der Waals surface area contributed by atoms with Gasteiger partial charge in [0.25, 0.3) is 0 Å². The maximum atomic E-state index is 5.60. The van der Waals surface area contributed by atoms with E-state index in [1.807, 2.05) is 0 Å². The van der Waals surface area contributed by atoms with Crippen LogP contribution < -0.4 is 5.73 Å². The molecule has 1 aliphatic carbocycles. The lowest BCUT2D eigenvalue weighted by molar-refractivity contribution is 0.412. The third kappa shape index (κ3) is 1.16. The molecule has 0 bridgehead atoms. The normalized spacial score (nSPS) is 17.8. The zero-order valence-corrected chi connectivity index (χ0v) is 7.56. The van der Waals surface area contributed by atoms with Crippen LogP contribution in [0.25, 0.3) is 0 Å². The molecule has 0 aromatic carbocycles. The third-order valence-electron chi connectivity index (χ3n) is 2.91. The summed E-state index contributed by atoms with van der Waals surface area (Å²) in [7, 11) is 0. The quantitative estimate of drug-likeness (QED) is 0.690.